The molecule has 0 aromatic heterocycles. The minimum atomic E-state index is -5.70. The number of phosphoric acid groups is 3. The molecule has 5 rings (SSSR count). The molecule has 1 fully saturated rings. The number of amides is 1. The van der Waals surface area contributed by atoms with Gasteiger partial charge in [-0.2, -0.15) is 8.62 Å². The number of fused-ring (bicyclic) bond motifs is 2. The van der Waals surface area contributed by atoms with Gasteiger partial charge in [0.1, 0.15) is 31.2 Å². The second kappa shape index (κ2) is 20.4. The number of anilines is 1. The molecule has 7 N–H and O–H groups in total. The quantitative estimate of drug-likeness (QED) is 0.0121. The van der Waals surface area contributed by atoms with E-state index in [9.17, 15) is 38.2 Å². The summed E-state index contributed by atoms with van der Waals surface area (Å²) in [5.41, 5.74) is 5.09. The largest absolute Gasteiger partial charge is 0.490 e. The van der Waals surface area contributed by atoms with Gasteiger partial charge in [-0.1, -0.05) is 27.7 Å². The van der Waals surface area contributed by atoms with Crippen LogP contribution in [0.15, 0.2) is 51.9 Å². The molecule has 1 aliphatic carbocycles. The number of nitrogens with one attached hydrogen (secondary N) is 2. The van der Waals surface area contributed by atoms with E-state index < -0.39 is 64.9 Å². The lowest BCUT2D eigenvalue weighted by molar-refractivity contribution is -0.0237. The van der Waals surface area contributed by atoms with E-state index in [2.05, 4.69) is 28.8 Å². The Morgan fingerprint density at radius 1 is 0.984 bits per heavy atom. The van der Waals surface area contributed by atoms with E-state index in [0.717, 1.165) is 22.2 Å². The van der Waals surface area contributed by atoms with Crippen LogP contribution in [0.4, 0.5) is 5.69 Å². The van der Waals surface area contributed by atoms with E-state index in [4.69, 9.17) is 31.5 Å². The lowest BCUT2D eigenvalue weighted by Crippen LogP contribution is -2.36. The van der Waals surface area contributed by atoms with Gasteiger partial charge in [-0.05, 0) is 88.9 Å². The highest BCUT2D eigenvalue weighted by Crippen LogP contribution is 2.66. The average molecular weight is 958 g/mol. The molecule has 2 aromatic rings. The second-order valence-corrected chi connectivity index (χ2v) is 22.0. The van der Waals surface area contributed by atoms with Crippen molar-refractivity contribution < 1.29 is 75.0 Å². The standard InChI is InChI=1S/C37H47BN3O16P3S2/c1-7-39-27-14-29-25(11-20(27)3)34(26-12-21(4)28(40-8-2)15-30(26)54-29)23-10-9-22(13-24(23)36(43)44)35(42)41-18-37(5,6)62-61-19-52-31-16-33(38)55-32(31)17-53-59(48,49)57-60(50,51)56-58(45,46)47/h9-15,31-33,39H,7-8,16-19H2,1-6H3,(H,41,42)(H,43,44)(H,48,49)(H,50,51)(H2,45,46,47)/t31-,32?,33-/m1/s1. The number of carbonyl (C=O) groups is 2. The topological polar surface area (TPSA) is 282 Å². The van der Waals surface area contributed by atoms with Crippen molar-refractivity contribution in [2.45, 2.75) is 70.9 Å². The van der Waals surface area contributed by atoms with Gasteiger partial charge < -0.3 is 49.2 Å². The predicted octanol–water partition coefficient (Wildman–Crippen LogP) is 6.73. The third kappa shape index (κ3) is 13.3. The lowest BCUT2D eigenvalue weighted by atomic mass is 9.88. The molecular weight excluding hydrogens is 910 g/mol. The molecule has 3 unspecified atom stereocenters. The van der Waals surface area contributed by atoms with Gasteiger partial charge in [-0.15, -0.1) is 0 Å². The molecule has 2 aliphatic heterocycles. The van der Waals surface area contributed by atoms with Crippen molar-refractivity contribution in [3.8, 4) is 22.5 Å². The molecule has 1 saturated heterocycles. The van der Waals surface area contributed by atoms with E-state index in [1.807, 2.05) is 65.8 Å². The number of carbonyl (C=O) groups excluding carboxylic acids is 1. The first-order valence-corrected chi connectivity index (χ1v) is 25.8. The van der Waals surface area contributed by atoms with Gasteiger partial charge >= 0.3 is 29.4 Å². The molecule has 2 heterocycles. The van der Waals surface area contributed by atoms with Crippen molar-refractivity contribution in [3.05, 3.63) is 70.1 Å². The highest BCUT2D eigenvalue weighted by atomic mass is 33.1. The average Bonchev–Trinajstić information content (AvgIpc) is 3.52. The molecule has 1 amide bonds. The molecule has 62 heavy (non-hydrogen) atoms. The maximum absolute atomic E-state index is 13.5. The smallest absolute Gasteiger partial charge is 0.478 e. The van der Waals surface area contributed by atoms with Gasteiger partial charge in [-0.25, -0.2) is 18.5 Å². The van der Waals surface area contributed by atoms with Gasteiger partial charge in [0.05, 0.1) is 23.6 Å². The summed E-state index contributed by atoms with van der Waals surface area (Å²) in [7, 11) is -8.14. The number of nitrogens with zero attached hydrogens (tertiary/aromatic N) is 1. The molecular formula is C37H47BN3O16P3S2. The molecule has 2 radical (unpaired) electrons. The fourth-order valence-electron chi connectivity index (χ4n) is 6.55. The lowest BCUT2D eigenvalue weighted by Gasteiger charge is -2.25. The Morgan fingerprint density at radius 2 is 1.71 bits per heavy atom. The van der Waals surface area contributed by atoms with Crippen LogP contribution in [0.2, 0.25) is 0 Å². The summed E-state index contributed by atoms with van der Waals surface area (Å²) in [6.07, 6.45) is -1.66. The Hall–Kier alpha value is -3.04. The Bertz CT molecular complexity index is 2500. The summed E-state index contributed by atoms with van der Waals surface area (Å²) in [5, 5.41) is 18.2. The third-order valence-electron chi connectivity index (χ3n) is 9.20. The van der Waals surface area contributed by atoms with Crippen LogP contribution in [0.5, 0.6) is 0 Å². The zero-order valence-corrected chi connectivity index (χ0v) is 38.7. The molecule has 3 aliphatic rings. The maximum atomic E-state index is 13.5. The molecule has 2 aromatic carbocycles. The number of phosphoric ester groups is 1. The SMILES string of the molecule is [B][C@H]1C[C@@H](OCSSC(C)(C)CNC(=O)c2ccc(-c3c4cc(C)c(=NCC)cc-4oc4cc(NCC)c(C)cc34)c(C(=O)O)c2)C(COP(=O)(O)OP(=O)(O)OP(=O)(O)O)O1. The summed E-state index contributed by atoms with van der Waals surface area (Å²) < 4.78 is 63.9. The summed E-state index contributed by atoms with van der Waals surface area (Å²) in [5.74, 6) is -1.12. The summed E-state index contributed by atoms with van der Waals surface area (Å²) in [6.45, 7) is 12.3. The van der Waals surface area contributed by atoms with Gasteiger partial charge in [-0.3, -0.25) is 14.3 Å². The minimum absolute atomic E-state index is 0.0538. The number of carboxylic acids is 1. The van der Waals surface area contributed by atoms with Crippen LogP contribution in [0.25, 0.3) is 33.4 Å². The Labute approximate surface area is 366 Å². The monoisotopic (exact) mass is 957 g/mol. The number of carboxylic acid groups (broad SMARTS) is 1. The van der Waals surface area contributed by atoms with E-state index in [-0.39, 0.29) is 30.0 Å². The van der Waals surface area contributed by atoms with Crippen molar-refractivity contribution in [1.82, 2.24) is 5.32 Å². The fourth-order valence-corrected chi connectivity index (χ4v) is 11.7. The van der Waals surface area contributed by atoms with Crippen molar-refractivity contribution in [3.63, 3.8) is 0 Å². The highest BCUT2D eigenvalue weighted by Gasteiger charge is 2.42. The molecule has 0 bridgehead atoms. The zero-order chi connectivity index (χ0) is 45.8. The van der Waals surface area contributed by atoms with E-state index in [1.54, 1.807) is 12.1 Å². The Morgan fingerprint density at radius 3 is 2.37 bits per heavy atom. The normalized spacial score (nSPS) is 19.4. The van der Waals surface area contributed by atoms with E-state index in [0.29, 0.717) is 46.5 Å². The maximum Gasteiger partial charge on any atom is 0.490 e. The number of aromatic carboxylic acids is 1. The first-order chi connectivity index (χ1) is 28.9. The number of aryl methyl sites for hydroxylation is 2. The first kappa shape index (κ1) is 50.0. The highest BCUT2D eigenvalue weighted by molar-refractivity contribution is 8.77. The first-order valence-electron chi connectivity index (χ1n) is 18.9. The van der Waals surface area contributed by atoms with Crippen LogP contribution in [0.1, 0.15) is 66.0 Å². The Balaban J connectivity index is 1.25. The van der Waals surface area contributed by atoms with Crippen molar-refractivity contribution in [1.29, 1.82) is 0 Å². The van der Waals surface area contributed by atoms with Crippen molar-refractivity contribution in [2.75, 3.05) is 37.5 Å². The van der Waals surface area contributed by atoms with Crippen LogP contribution in [0, 0.1) is 13.8 Å². The van der Waals surface area contributed by atoms with Crippen LogP contribution >= 0.6 is 45.1 Å². The van der Waals surface area contributed by atoms with Crippen LogP contribution in [0.3, 0.4) is 0 Å². The molecule has 0 saturated carbocycles. The second-order valence-electron chi connectivity index (χ2n) is 14.6. The number of benzene rings is 3. The summed E-state index contributed by atoms with van der Waals surface area (Å²) >= 11 is 0. The van der Waals surface area contributed by atoms with Gasteiger partial charge in [0, 0.05) is 70.3 Å². The number of hydrogen-bond donors (Lipinski definition) is 7. The Kier molecular flexibility index (Phi) is 16.5. The number of ether oxygens (including phenoxy) is 2. The third-order valence-corrected chi connectivity index (χ3v) is 15.9. The molecule has 19 nitrogen and oxygen atoms in total. The zero-order valence-electron chi connectivity index (χ0n) is 34.4. The number of rotatable bonds is 20. The van der Waals surface area contributed by atoms with Gasteiger partial charge in [0.15, 0.2) is 0 Å². The minimum Gasteiger partial charge on any atom is -0.478 e. The van der Waals surface area contributed by atoms with Crippen molar-refractivity contribution >= 4 is 81.4 Å². The summed E-state index contributed by atoms with van der Waals surface area (Å²) in [4.78, 5) is 67.6. The summed E-state index contributed by atoms with van der Waals surface area (Å²) in [6, 6.07) is 11.4. The van der Waals surface area contributed by atoms with Crippen LogP contribution in [-0.4, -0.2) is 99.5 Å². The number of hydrogen-bond acceptors (Lipinski definition) is 15. The molecule has 336 valence electrons. The molecule has 5 atom stereocenters. The van der Waals surface area contributed by atoms with Crippen LogP contribution in [-0.2, 0) is 36.3 Å². The van der Waals surface area contributed by atoms with Crippen molar-refractivity contribution in [2.24, 2.45) is 4.99 Å². The molecule has 25 heteroatoms. The van der Waals surface area contributed by atoms with Gasteiger partial charge in [0.25, 0.3) is 5.91 Å². The molecule has 0 spiro atoms. The fraction of sp³-hybridized carbons (Fsp3) is 0.432. The van der Waals surface area contributed by atoms with E-state index in [1.165, 1.54) is 27.7 Å². The van der Waals surface area contributed by atoms with Gasteiger partial charge in [0.2, 0.25) is 0 Å². The predicted molar refractivity (Wildman–Crippen MR) is 235 cm³/mol. The van der Waals surface area contributed by atoms with Crippen LogP contribution < -0.4 is 16.0 Å². The van der Waals surface area contributed by atoms with E-state index >= 15 is 0 Å².